The van der Waals surface area contributed by atoms with Gasteiger partial charge in [0, 0.05) is 0 Å². The van der Waals surface area contributed by atoms with E-state index in [-0.39, 0.29) is 11.9 Å². The Hall–Kier alpha value is -1.49. The van der Waals surface area contributed by atoms with Gasteiger partial charge in [0.1, 0.15) is 6.33 Å². The Morgan fingerprint density at radius 2 is 2.29 bits per heavy atom. The molecule has 2 atom stereocenters. The Morgan fingerprint density at radius 3 is 3.00 bits per heavy atom. The first-order valence-electron chi connectivity index (χ1n) is 6.09. The zero-order valence-electron chi connectivity index (χ0n) is 10.0. The van der Waals surface area contributed by atoms with E-state index >= 15 is 0 Å². The predicted molar refractivity (Wildman–Crippen MR) is 65.5 cm³/mol. The summed E-state index contributed by atoms with van der Waals surface area (Å²) in [7, 11) is 0. The zero-order valence-corrected chi connectivity index (χ0v) is 10.0. The molecule has 17 heavy (non-hydrogen) atoms. The van der Waals surface area contributed by atoms with Gasteiger partial charge in [0.2, 0.25) is 5.91 Å². The van der Waals surface area contributed by atoms with E-state index in [1.807, 2.05) is 0 Å². The van der Waals surface area contributed by atoms with Crippen LogP contribution in [0.15, 0.2) is 18.7 Å². The molecule has 5 heteroatoms. The van der Waals surface area contributed by atoms with E-state index in [0.717, 1.165) is 25.8 Å². The monoisotopic (exact) mass is 234 g/mol. The lowest BCUT2D eigenvalue weighted by Gasteiger charge is -2.28. The van der Waals surface area contributed by atoms with Crippen LogP contribution in [0.4, 0.5) is 5.69 Å². The number of hydrogen-bond donors (Lipinski definition) is 2. The molecule has 2 rings (SSSR count). The smallest absolute Gasteiger partial charge is 0.241 e. The van der Waals surface area contributed by atoms with Crippen LogP contribution in [-0.2, 0) is 4.79 Å². The largest absolute Gasteiger partial charge is 0.322 e. The fourth-order valence-electron chi connectivity index (χ4n) is 2.16. The van der Waals surface area contributed by atoms with E-state index in [0.29, 0.717) is 11.6 Å². The molecule has 2 N–H and O–H groups in total. The molecule has 1 aromatic heterocycles. The molecule has 1 aliphatic heterocycles. The summed E-state index contributed by atoms with van der Waals surface area (Å²) in [4.78, 5) is 19.7. The van der Waals surface area contributed by atoms with Crippen LogP contribution in [0.5, 0.6) is 0 Å². The maximum Gasteiger partial charge on any atom is 0.241 e. The molecule has 0 aliphatic carbocycles. The first kappa shape index (κ1) is 12.0. The van der Waals surface area contributed by atoms with Crippen LogP contribution in [0.25, 0.3) is 0 Å². The van der Waals surface area contributed by atoms with Crippen LogP contribution in [-0.4, -0.2) is 28.5 Å². The zero-order chi connectivity index (χ0) is 12.1. The Kier molecular flexibility index (Phi) is 4.03. The molecule has 92 valence electrons. The molecule has 1 amide bonds. The van der Waals surface area contributed by atoms with Crippen LogP contribution in [0.2, 0.25) is 0 Å². The number of aromatic nitrogens is 2. The maximum atomic E-state index is 12.0. The number of carbonyl (C=O) groups excluding carboxylic acids is 1. The van der Waals surface area contributed by atoms with E-state index in [1.165, 1.54) is 6.33 Å². The van der Waals surface area contributed by atoms with Gasteiger partial charge in [-0.3, -0.25) is 4.79 Å². The Labute approximate surface area is 101 Å². The first-order chi connectivity index (χ1) is 8.29. The summed E-state index contributed by atoms with van der Waals surface area (Å²) in [5.41, 5.74) is 0.651. The highest BCUT2D eigenvalue weighted by atomic mass is 16.2. The van der Waals surface area contributed by atoms with Crippen LogP contribution in [0.3, 0.4) is 0 Å². The van der Waals surface area contributed by atoms with Crippen molar-refractivity contribution in [2.24, 2.45) is 5.92 Å². The summed E-state index contributed by atoms with van der Waals surface area (Å²) in [6.45, 7) is 3.10. The third kappa shape index (κ3) is 3.23. The third-order valence-corrected chi connectivity index (χ3v) is 3.23. The van der Waals surface area contributed by atoms with Crippen LogP contribution in [0.1, 0.15) is 26.2 Å². The van der Waals surface area contributed by atoms with Crippen molar-refractivity contribution in [3.8, 4) is 0 Å². The molecule has 0 radical (unpaired) electrons. The highest BCUT2D eigenvalue weighted by molar-refractivity contribution is 5.94. The van der Waals surface area contributed by atoms with E-state index in [9.17, 15) is 4.79 Å². The number of nitrogens with zero attached hydrogens (tertiary/aromatic N) is 2. The number of amides is 1. The molecule has 0 aromatic carbocycles. The average Bonchev–Trinajstić information content (AvgIpc) is 2.40. The summed E-state index contributed by atoms with van der Waals surface area (Å²) < 4.78 is 0. The lowest BCUT2D eigenvalue weighted by molar-refractivity contribution is -0.119. The second-order valence-electron chi connectivity index (χ2n) is 4.42. The third-order valence-electron chi connectivity index (χ3n) is 3.23. The van der Waals surface area contributed by atoms with Gasteiger partial charge in [-0.05, 0) is 25.3 Å². The Bertz CT molecular complexity index is 368. The molecule has 2 heterocycles. The molecule has 0 bridgehead atoms. The van der Waals surface area contributed by atoms with Gasteiger partial charge in [-0.15, -0.1) is 0 Å². The quantitative estimate of drug-likeness (QED) is 0.824. The van der Waals surface area contributed by atoms with Gasteiger partial charge in [-0.25, -0.2) is 9.97 Å². The summed E-state index contributed by atoms with van der Waals surface area (Å²) in [6.07, 6.45) is 7.86. The fourth-order valence-corrected chi connectivity index (χ4v) is 2.16. The summed E-state index contributed by atoms with van der Waals surface area (Å²) in [6, 6.07) is -0.0890. The second-order valence-corrected chi connectivity index (χ2v) is 4.42. The topological polar surface area (TPSA) is 66.9 Å². The van der Waals surface area contributed by atoms with E-state index in [2.05, 4.69) is 27.5 Å². The minimum atomic E-state index is -0.0890. The van der Waals surface area contributed by atoms with Crippen molar-refractivity contribution in [2.75, 3.05) is 11.9 Å². The SMILES string of the molecule is CCC1CCNC(C(=O)Nc2cncnc2)C1. The average molecular weight is 234 g/mol. The second kappa shape index (κ2) is 5.72. The minimum absolute atomic E-state index is 0.0120. The lowest BCUT2D eigenvalue weighted by atomic mass is 9.90. The molecule has 0 saturated carbocycles. The van der Waals surface area contributed by atoms with E-state index < -0.39 is 0 Å². The lowest BCUT2D eigenvalue weighted by Crippen LogP contribution is -2.46. The van der Waals surface area contributed by atoms with Crippen molar-refractivity contribution in [1.29, 1.82) is 0 Å². The predicted octanol–water partition coefficient (Wildman–Crippen LogP) is 1.19. The van der Waals surface area contributed by atoms with E-state index in [1.54, 1.807) is 12.4 Å². The highest BCUT2D eigenvalue weighted by Crippen LogP contribution is 2.20. The van der Waals surface area contributed by atoms with Crippen LogP contribution < -0.4 is 10.6 Å². The van der Waals surface area contributed by atoms with Crippen molar-refractivity contribution in [1.82, 2.24) is 15.3 Å². The van der Waals surface area contributed by atoms with Gasteiger partial charge >= 0.3 is 0 Å². The molecule has 0 spiro atoms. The van der Waals surface area contributed by atoms with Crippen molar-refractivity contribution >= 4 is 11.6 Å². The molecular formula is C12H18N4O. The van der Waals surface area contributed by atoms with Gasteiger partial charge in [0.05, 0.1) is 24.1 Å². The highest BCUT2D eigenvalue weighted by Gasteiger charge is 2.25. The summed E-state index contributed by atoms with van der Waals surface area (Å²) in [5, 5.41) is 6.08. The Balaban J connectivity index is 1.91. The molecule has 1 aliphatic rings. The van der Waals surface area contributed by atoms with Crippen molar-refractivity contribution in [3.05, 3.63) is 18.7 Å². The molecule has 1 aromatic rings. The molecular weight excluding hydrogens is 216 g/mol. The number of carbonyl (C=O) groups is 1. The molecule has 1 fully saturated rings. The Morgan fingerprint density at radius 1 is 1.53 bits per heavy atom. The normalized spacial score (nSPS) is 24.3. The molecule has 5 nitrogen and oxygen atoms in total. The van der Waals surface area contributed by atoms with Crippen molar-refractivity contribution in [3.63, 3.8) is 0 Å². The fraction of sp³-hybridized carbons (Fsp3) is 0.583. The van der Waals surface area contributed by atoms with Crippen LogP contribution in [0, 0.1) is 5.92 Å². The van der Waals surface area contributed by atoms with Crippen molar-refractivity contribution in [2.45, 2.75) is 32.2 Å². The van der Waals surface area contributed by atoms with Gasteiger partial charge in [0.25, 0.3) is 0 Å². The molecule has 1 saturated heterocycles. The summed E-state index contributed by atoms with van der Waals surface area (Å²) >= 11 is 0. The number of anilines is 1. The number of rotatable bonds is 3. The number of piperidine rings is 1. The van der Waals surface area contributed by atoms with Gasteiger partial charge in [-0.2, -0.15) is 0 Å². The van der Waals surface area contributed by atoms with Gasteiger partial charge < -0.3 is 10.6 Å². The minimum Gasteiger partial charge on any atom is -0.322 e. The first-order valence-corrected chi connectivity index (χ1v) is 6.09. The maximum absolute atomic E-state index is 12.0. The van der Waals surface area contributed by atoms with E-state index in [4.69, 9.17) is 0 Å². The van der Waals surface area contributed by atoms with Crippen molar-refractivity contribution < 1.29 is 4.79 Å². The number of hydrogen-bond acceptors (Lipinski definition) is 4. The number of nitrogens with one attached hydrogen (secondary N) is 2. The summed E-state index contributed by atoms with van der Waals surface area (Å²) in [5.74, 6) is 0.664. The standard InChI is InChI=1S/C12H18N4O/c1-2-9-3-4-15-11(5-9)12(17)16-10-6-13-8-14-7-10/h6-9,11,15H,2-5H2,1H3,(H,16,17). The van der Waals surface area contributed by atoms with Gasteiger partial charge in [0.15, 0.2) is 0 Å². The molecule has 2 unspecified atom stereocenters. The van der Waals surface area contributed by atoms with Gasteiger partial charge in [-0.1, -0.05) is 13.3 Å². The van der Waals surface area contributed by atoms with Crippen LogP contribution >= 0.6 is 0 Å².